The van der Waals surface area contributed by atoms with Crippen molar-refractivity contribution in [1.82, 2.24) is 29.9 Å². The van der Waals surface area contributed by atoms with Crippen molar-refractivity contribution in [1.29, 1.82) is 0 Å². The Morgan fingerprint density at radius 1 is 0.580 bits per heavy atom. The van der Waals surface area contributed by atoms with Crippen molar-refractivity contribution < 1.29 is 41.4 Å². The number of nitrogen functional groups attached to an aromatic ring is 2. The van der Waals surface area contributed by atoms with Gasteiger partial charge in [0, 0.05) is 85.4 Å². The van der Waals surface area contributed by atoms with Crippen molar-refractivity contribution >= 4 is 188 Å². The van der Waals surface area contributed by atoms with Crippen molar-refractivity contribution in [3.8, 4) is 21.1 Å². The van der Waals surface area contributed by atoms with E-state index in [9.17, 15) is 39.9 Å². The summed E-state index contributed by atoms with van der Waals surface area (Å²) in [5.41, 5.74) is 15.4. The number of nitrogens with zero attached hydrogens (tertiary/aromatic N) is 9. The van der Waals surface area contributed by atoms with Crippen LogP contribution in [-0.4, -0.2) is 55.8 Å². The van der Waals surface area contributed by atoms with E-state index >= 15 is 0 Å². The quantitative estimate of drug-likeness (QED) is 0.0230. The summed E-state index contributed by atoms with van der Waals surface area (Å²) in [5, 5.41) is 35.8. The molecule has 10 rings (SSSR count). The average molecular weight is 1350 g/mol. The maximum Gasteiger partial charge on any atom is 0.282 e. The summed E-state index contributed by atoms with van der Waals surface area (Å²) >= 11 is 28.5. The van der Waals surface area contributed by atoms with Gasteiger partial charge in [0.2, 0.25) is 0 Å². The summed E-state index contributed by atoms with van der Waals surface area (Å²) in [6.45, 7) is 0. The summed E-state index contributed by atoms with van der Waals surface area (Å²) in [6, 6.07) is 39.6. The minimum atomic E-state index is -0.817. The van der Waals surface area contributed by atoms with Crippen LogP contribution in [0.15, 0.2) is 170 Å². The van der Waals surface area contributed by atoms with Crippen LogP contribution in [0.4, 0.5) is 34.1 Å². The molecule has 10 aromatic rings. The number of thiazole rings is 2. The van der Waals surface area contributed by atoms with Crippen LogP contribution in [0.25, 0.3) is 41.8 Å². The van der Waals surface area contributed by atoms with E-state index in [1.54, 1.807) is 103 Å². The number of carbonyl (C=O) groups is 2. The molecule has 414 valence electrons. The van der Waals surface area contributed by atoms with Gasteiger partial charge in [-0.15, -0.1) is 0 Å². The Morgan fingerprint density at radius 3 is 1.49 bits per heavy atom. The zero-order chi connectivity index (χ0) is 58.0. The molecule has 33 heteroatoms. The standard InChI is InChI=1S/C12H8ClN3O3.C12H7N3O2S.C12H9N3S.C7H4ClNO3.C5H5ClN2.Fe.P2S5/c13-11-9(5-3-7-14-11)15-12(17)8-4-1-2-6-10(8)16(18)19;16-15(17)10-6-2-1-4-8(10)11-14-9-5-3-7-13-12(9)18-11;13-9-5-2-1-4-8(9)11-15-10-6-3-7-14-12(10)16-11;8-7(10)5-3-1-2-4-6(5)9(11)12;6-5-4(7)2-1-3-8-5;;3-1-2-5-7-6-4/h1-7H,(H,15,17);1-7H;1-7H,13H2;1-4H;1-3H,7H2;;. The number of nitro benzene ring substituents is 3. The van der Waals surface area contributed by atoms with Crippen molar-refractivity contribution in [2.24, 2.45) is 0 Å². The number of nitrogens with one attached hydrogen (secondary N) is 1. The molecule has 5 N–H and O–H groups in total. The van der Waals surface area contributed by atoms with Gasteiger partial charge in [0.05, 0.1) is 31.7 Å². The molecular weight excluding hydrogens is 1320 g/mol. The molecule has 0 fully saturated rings. The van der Waals surface area contributed by atoms with Gasteiger partial charge in [-0.05, 0) is 141 Å². The van der Waals surface area contributed by atoms with Crippen LogP contribution in [0.2, 0.25) is 10.3 Å². The normalized spacial score (nSPS) is 9.86. The van der Waals surface area contributed by atoms with Gasteiger partial charge in [0.25, 0.3) is 28.2 Å². The molecule has 4 aromatic carbocycles. The van der Waals surface area contributed by atoms with Crippen LogP contribution >= 0.6 is 71.6 Å². The van der Waals surface area contributed by atoms with Gasteiger partial charge in [0.1, 0.15) is 41.8 Å². The minimum absolute atomic E-state index is 0. The number of benzene rings is 4. The molecule has 20 nitrogen and oxygen atoms in total. The molecule has 0 unspecified atom stereocenters. The van der Waals surface area contributed by atoms with Crippen LogP contribution in [-0.2, 0) is 67.3 Å². The Bertz CT molecular complexity index is 3890. The third kappa shape index (κ3) is 21.0. The van der Waals surface area contributed by atoms with Crippen LogP contribution in [0.5, 0.6) is 0 Å². The second kappa shape index (κ2) is 35.2. The smallest absolute Gasteiger partial charge is 0.282 e. The first-order valence-corrected chi connectivity index (χ1v) is 32.9. The molecule has 0 bridgehead atoms. The summed E-state index contributed by atoms with van der Waals surface area (Å²) < 4.78 is 0. The number of rotatable bonds is 9. The van der Waals surface area contributed by atoms with Crippen molar-refractivity contribution in [2.45, 2.75) is 0 Å². The molecule has 0 spiro atoms. The van der Waals surface area contributed by atoms with E-state index in [1.807, 2.05) is 42.5 Å². The molecule has 0 aliphatic rings. The van der Waals surface area contributed by atoms with Crippen molar-refractivity contribution in [2.75, 3.05) is 16.8 Å². The maximum absolute atomic E-state index is 12.0. The molecule has 1 amide bonds. The van der Waals surface area contributed by atoms with Gasteiger partial charge < -0.3 is 16.8 Å². The second-order valence-electron chi connectivity index (χ2n) is 14.4. The zero-order valence-electron chi connectivity index (χ0n) is 40.4. The number of nitro groups is 3. The van der Waals surface area contributed by atoms with Gasteiger partial charge in [0.15, 0.2) is 10.3 Å². The molecule has 6 aromatic heterocycles. The molecule has 0 saturated carbocycles. The van der Waals surface area contributed by atoms with Crippen LogP contribution in [0.1, 0.15) is 20.7 Å². The number of nitrogens with two attached hydrogens (primary N) is 2. The van der Waals surface area contributed by atoms with Crippen LogP contribution in [0.3, 0.4) is 0 Å². The number of pyridine rings is 4. The third-order valence-electron chi connectivity index (χ3n) is 9.43. The predicted molar refractivity (Wildman–Crippen MR) is 335 cm³/mol. The number of fused-ring (bicyclic) bond motifs is 2. The summed E-state index contributed by atoms with van der Waals surface area (Å²) in [4.78, 5) is 79.7. The summed E-state index contributed by atoms with van der Waals surface area (Å²) in [6.07, 6.45) is 6.53. The number of hydrogen-bond acceptors (Lipinski definition) is 20. The Balaban J connectivity index is 0.000000215. The molecule has 6 heterocycles. The van der Waals surface area contributed by atoms with E-state index in [-0.39, 0.29) is 50.4 Å². The van der Waals surface area contributed by atoms with E-state index in [0.717, 1.165) is 44.0 Å². The number of anilines is 3. The SMILES string of the molecule is Nc1ccccc1-c1nc2cccnc2s1.Nc1cccnc1Cl.O=C(Cl)c1ccccc1[N+](=O)[O-].O=C(Nc1cccnc1Cl)c1ccccc1[N+](=O)[O-].O=[N+]([O-])c1ccccc1-c1nc2cccnc2s1.S=PP=S=S=S=S.[Fe]. The topological polar surface area (TPSA) is 305 Å². The Labute approximate surface area is 514 Å². The van der Waals surface area contributed by atoms with Gasteiger partial charge in [-0.2, -0.15) is 0 Å². The first kappa shape index (κ1) is 66.8. The molecule has 0 aliphatic carbocycles. The largest absolute Gasteiger partial charge is 0.398 e. The van der Waals surface area contributed by atoms with Gasteiger partial charge in [-0.3, -0.25) is 39.9 Å². The number of carbonyl (C=O) groups excluding carboxylic acids is 2. The third-order valence-corrected chi connectivity index (χ3v) is 22.3. The molecule has 0 aliphatic heterocycles. The zero-order valence-corrected chi connectivity index (χ0v) is 51.2. The minimum Gasteiger partial charge on any atom is -0.398 e. The number of amides is 1. The number of para-hydroxylation sites is 4. The molecule has 0 saturated heterocycles. The van der Waals surface area contributed by atoms with Crippen molar-refractivity contribution in [3.05, 3.63) is 222 Å². The fourth-order valence-electron chi connectivity index (χ4n) is 6.01. The summed E-state index contributed by atoms with van der Waals surface area (Å²) in [5.74, 6) is -0.609. The molecular formula is C48H33Cl3FeN12O8P2S7. The monoisotopic (exact) mass is 1350 g/mol. The van der Waals surface area contributed by atoms with Gasteiger partial charge in [-0.1, -0.05) is 94.4 Å². The molecule has 0 atom stereocenters. The summed E-state index contributed by atoms with van der Waals surface area (Å²) in [7, 11) is 6.83. The molecule has 81 heavy (non-hydrogen) atoms. The van der Waals surface area contributed by atoms with Gasteiger partial charge in [-0.25, -0.2) is 29.9 Å². The Hall–Kier alpha value is -6.71. The van der Waals surface area contributed by atoms with E-state index in [1.165, 1.54) is 82.0 Å². The number of hydrogen-bond donors (Lipinski definition) is 3. The fraction of sp³-hybridized carbons (Fsp3) is 0. The Morgan fingerprint density at radius 2 is 1.02 bits per heavy atom. The maximum atomic E-state index is 12.0. The first-order valence-electron chi connectivity index (χ1n) is 21.7. The van der Waals surface area contributed by atoms with Crippen molar-refractivity contribution in [3.63, 3.8) is 0 Å². The number of aromatic nitrogens is 6. The van der Waals surface area contributed by atoms with E-state index in [2.05, 4.69) is 58.2 Å². The van der Waals surface area contributed by atoms with E-state index in [0.29, 0.717) is 27.1 Å². The van der Waals surface area contributed by atoms with Crippen LogP contribution in [0, 0.1) is 30.3 Å². The van der Waals surface area contributed by atoms with E-state index in [4.69, 9.17) is 46.3 Å². The first-order chi connectivity index (χ1) is 38.5. The second-order valence-corrected chi connectivity index (χ2v) is 27.2. The molecule has 0 radical (unpaired) electrons. The Kier molecular flexibility index (Phi) is 29.0. The fourth-order valence-corrected chi connectivity index (χ4v) is 17.9. The van der Waals surface area contributed by atoms with Crippen LogP contribution < -0.4 is 16.8 Å². The van der Waals surface area contributed by atoms with E-state index < -0.39 is 25.9 Å². The number of halogens is 3. The average Bonchev–Trinajstić information content (AvgIpc) is 4.12. The predicted octanol–water partition coefficient (Wildman–Crippen LogP) is 14.1. The van der Waals surface area contributed by atoms with Gasteiger partial charge >= 0.3 is 0 Å².